The van der Waals surface area contributed by atoms with E-state index in [9.17, 15) is 28.1 Å². The third kappa shape index (κ3) is 3.45. The molecule has 0 aliphatic heterocycles. The Morgan fingerprint density at radius 1 is 1.26 bits per heavy atom. The zero-order valence-electron chi connectivity index (χ0n) is 11.5. The number of rotatable bonds is 3. The number of hydrogen-bond acceptors (Lipinski definition) is 4. The molecular formula is C13H9ClF3N3O3. The predicted octanol–water partition coefficient (Wildman–Crippen LogP) is 3.66. The first kappa shape index (κ1) is 16.8. The van der Waals surface area contributed by atoms with Crippen molar-refractivity contribution in [1.82, 2.24) is 4.98 Å². The third-order valence-corrected chi connectivity index (χ3v) is 3.29. The van der Waals surface area contributed by atoms with Crippen LogP contribution in [0.5, 0.6) is 0 Å². The summed E-state index contributed by atoms with van der Waals surface area (Å²) in [7, 11) is 1.44. The van der Waals surface area contributed by atoms with Gasteiger partial charge in [-0.05, 0) is 24.3 Å². The molecular weight excluding hydrogens is 339 g/mol. The molecule has 2 rings (SSSR count). The van der Waals surface area contributed by atoms with E-state index < -0.39 is 32.9 Å². The van der Waals surface area contributed by atoms with Crippen molar-refractivity contribution in [3.05, 3.63) is 55.3 Å². The van der Waals surface area contributed by atoms with Crippen molar-refractivity contribution in [3.63, 3.8) is 0 Å². The van der Waals surface area contributed by atoms with Crippen molar-refractivity contribution >= 4 is 23.0 Å². The zero-order chi connectivity index (χ0) is 17.4. The summed E-state index contributed by atoms with van der Waals surface area (Å²) >= 11 is 5.68. The highest BCUT2D eigenvalue weighted by Crippen LogP contribution is 2.35. The number of anilines is 1. The number of benzene rings is 1. The molecule has 23 heavy (non-hydrogen) atoms. The molecule has 1 aromatic heterocycles. The maximum absolute atomic E-state index is 12.9. The van der Waals surface area contributed by atoms with Gasteiger partial charge >= 0.3 is 17.4 Å². The average molecular weight is 348 g/mol. The Bertz CT molecular complexity index is 833. The molecule has 1 heterocycles. The van der Waals surface area contributed by atoms with Crippen molar-refractivity contribution < 1.29 is 18.1 Å². The van der Waals surface area contributed by atoms with Crippen LogP contribution in [0.3, 0.4) is 0 Å². The summed E-state index contributed by atoms with van der Waals surface area (Å²) < 4.78 is 38.7. The van der Waals surface area contributed by atoms with E-state index in [2.05, 4.69) is 10.3 Å². The van der Waals surface area contributed by atoms with E-state index in [4.69, 9.17) is 11.6 Å². The summed E-state index contributed by atoms with van der Waals surface area (Å²) in [6.45, 7) is 0. The lowest BCUT2D eigenvalue weighted by Gasteiger charge is -2.12. The van der Waals surface area contributed by atoms with Gasteiger partial charge in [0.15, 0.2) is 0 Å². The van der Waals surface area contributed by atoms with Crippen LogP contribution in [0, 0.1) is 10.1 Å². The fourth-order valence-corrected chi connectivity index (χ4v) is 2.20. The second-order valence-electron chi connectivity index (χ2n) is 4.51. The molecule has 0 amide bonds. The van der Waals surface area contributed by atoms with E-state index in [1.165, 1.54) is 13.1 Å². The van der Waals surface area contributed by atoms with E-state index in [0.717, 1.165) is 18.2 Å². The van der Waals surface area contributed by atoms with Gasteiger partial charge in [-0.2, -0.15) is 13.2 Å². The molecule has 0 radical (unpaired) electrons. The van der Waals surface area contributed by atoms with Crippen LogP contribution in [0.4, 0.5) is 24.5 Å². The lowest BCUT2D eigenvalue weighted by molar-refractivity contribution is -0.386. The van der Waals surface area contributed by atoms with Crippen LogP contribution in [0.1, 0.15) is 5.56 Å². The number of aromatic amines is 1. The van der Waals surface area contributed by atoms with E-state index >= 15 is 0 Å². The standard InChI is InChI=1S/C13H9ClF3N3O3/c1-18-8-3-6(2-7(4-8)13(15,16)17)10-5-9(14)11(20(22)23)12(21)19-10/h2-5,18H,1H3,(H,19,21). The molecule has 10 heteroatoms. The predicted molar refractivity (Wildman–Crippen MR) is 78.7 cm³/mol. The molecule has 0 saturated heterocycles. The van der Waals surface area contributed by atoms with Gasteiger partial charge in [0.05, 0.1) is 16.2 Å². The fraction of sp³-hybridized carbons (Fsp3) is 0.154. The van der Waals surface area contributed by atoms with Crippen LogP contribution in [-0.4, -0.2) is 17.0 Å². The van der Waals surface area contributed by atoms with Gasteiger partial charge < -0.3 is 10.3 Å². The van der Waals surface area contributed by atoms with Crippen LogP contribution >= 0.6 is 11.6 Å². The number of hydrogen-bond donors (Lipinski definition) is 2. The van der Waals surface area contributed by atoms with Gasteiger partial charge in [0, 0.05) is 18.3 Å². The lowest BCUT2D eigenvalue weighted by Crippen LogP contribution is -2.13. The van der Waals surface area contributed by atoms with Gasteiger partial charge in [-0.3, -0.25) is 14.9 Å². The van der Waals surface area contributed by atoms with Crippen molar-refractivity contribution in [2.45, 2.75) is 6.18 Å². The van der Waals surface area contributed by atoms with Gasteiger partial charge in [-0.15, -0.1) is 0 Å². The fourth-order valence-electron chi connectivity index (χ4n) is 1.94. The van der Waals surface area contributed by atoms with Gasteiger partial charge in [0.2, 0.25) is 0 Å². The van der Waals surface area contributed by atoms with Gasteiger partial charge in [0.1, 0.15) is 5.02 Å². The van der Waals surface area contributed by atoms with Gasteiger partial charge in [-0.25, -0.2) is 0 Å². The Labute approximate surface area is 132 Å². The van der Waals surface area contributed by atoms with Crippen LogP contribution in [0.15, 0.2) is 29.1 Å². The number of nitro groups is 1. The monoisotopic (exact) mass is 347 g/mol. The Morgan fingerprint density at radius 2 is 1.91 bits per heavy atom. The molecule has 0 aliphatic rings. The largest absolute Gasteiger partial charge is 0.416 e. The minimum Gasteiger partial charge on any atom is -0.388 e. The summed E-state index contributed by atoms with van der Waals surface area (Å²) in [6.07, 6.45) is -4.59. The van der Waals surface area contributed by atoms with Crippen molar-refractivity contribution in [1.29, 1.82) is 0 Å². The number of halogens is 4. The molecule has 1 aromatic carbocycles. The minimum atomic E-state index is -4.59. The topological polar surface area (TPSA) is 88.0 Å². The normalized spacial score (nSPS) is 11.3. The number of pyridine rings is 1. The van der Waals surface area contributed by atoms with E-state index in [-0.39, 0.29) is 16.9 Å². The number of nitrogens with one attached hydrogen (secondary N) is 2. The molecule has 2 aromatic rings. The zero-order valence-corrected chi connectivity index (χ0v) is 12.2. The second-order valence-corrected chi connectivity index (χ2v) is 4.92. The maximum atomic E-state index is 12.9. The third-order valence-electron chi connectivity index (χ3n) is 3.00. The highest BCUT2D eigenvalue weighted by molar-refractivity contribution is 6.32. The van der Waals surface area contributed by atoms with Crippen molar-refractivity contribution in [3.8, 4) is 11.3 Å². The summed E-state index contributed by atoms with van der Waals surface area (Å²) in [5, 5.41) is 12.8. The Morgan fingerprint density at radius 3 is 2.39 bits per heavy atom. The van der Waals surface area contributed by atoms with Gasteiger partial charge in [0.25, 0.3) is 0 Å². The van der Waals surface area contributed by atoms with Crippen molar-refractivity contribution in [2.24, 2.45) is 0 Å². The molecule has 122 valence electrons. The first-order valence-electron chi connectivity index (χ1n) is 6.11. The molecule has 0 atom stereocenters. The Hall–Kier alpha value is -2.55. The second kappa shape index (κ2) is 5.92. The Balaban J connectivity index is 2.67. The highest BCUT2D eigenvalue weighted by Gasteiger charge is 2.31. The van der Waals surface area contributed by atoms with E-state index in [1.807, 2.05) is 0 Å². The number of alkyl halides is 3. The maximum Gasteiger partial charge on any atom is 0.416 e. The lowest BCUT2D eigenvalue weighted by atomic mass is 10.1. The quantitative estimate of drug-likeness (QED) is 0.655. The smallest absolute Gasteiger partial charge is 0.388 e. The summed E-state index contributed by atoms with van der Waals surface area (Å²) in [4.78, 5) is 23.6. The van der Waals surface area contributed by atoms with Crippen LogP contribution < -0.4 is 10.9 Å². The molecule has 0 fully saturated rings. The molecule has 0 aliphatic carbocycles. The van der Waals surface area contributed by atoms with Crippen LogP contribution in [0.25, 0.3) is 11.3 Å². The Kier molecular flexibility index (Phi) is 4.33. The average Bonchev–Trinajstić information content (AvgIpc) is 2.44. The van der Waals surface area contributed by atoms with Gasteiger partial charge in [-0.1, -0.05) is 11.6 Å². The molecule has 0 spiro atoms. The molecule has 0 bridgehead atoms. The number of nitrogens with zero attached hydrogens (tertiary/aromatic N) is 1. The highest BCUT2D eigenvalue weighted by atomic mass is 35.5. The molecule has 0 saturated carbocycles. The number of aromatic nitrogens is 1. The van der Waals surface area contributed by atoms with E-state index in [1.54, 1.807) is 0 Å². The van der Waals surface area contributed by atoms with E-state index in [0.29, 0.717) is 0 Å². The summed E-state index contributed by atoms with van der Waals surface area (Å²) in [5.74, 6) is 0. The first-order chi connectivity index (χ1) is 10.6. The SMILES string of the molecule is CNc1cc(-c2cc(Cl)c([N+](=O)[O-])c(=O)[nH]2)cc(C(F)(F)F)c1. The van der Waals surface area contributed by atoms with Crippen molar-refractivity contribution in [2.75, 3.05) is 12.4 Å². The molecule has 6 nitrogen and oxygen atoms in total. The molecule has 2 N–H and O–H groups in total. The van der Waals surface area contributed by atoms with Crippen LogP contribution in [0.2, 0.25) is 5.02 Å². The molecule has 0 unspecified atom stereocenters. The number of H-pyrrole nitrogens is 1. The summed E-state index contributed by atoms with van der Waals surface area (Å²) in [5.41, 5.74) is -2.79. The first-order valence-corrected chi connectivity index (χ1v) is 6.49. The van der Waals surface area contributed by atoms with Crippen LogP contribution in [-0.2, 0) is 6.18 Å². The summed E-state index contributed by atoms with van der Waals surface area (Å²) in [6, 6.07) is 4.10. The minimum absolute atomic E-state index is 0.0121.